The lowest BCUT2D eigenvalue weighted by atomic mass is 10.1. The summed E-state index contributed by atoms with van der Waals surface area (Å²) < 4.78 is 9.53. The van der Waals surface area contributed by atoms with Crippen molar-refractivity contribution >= 4 is 35.1 Å². The van der Waals surface area contributed by atoms with Crippen LogP contribution in [0.2, 0.25) is 10.0 Å². The van der Waals surface area contributed by atoms with E-state index >= 15 is 0 Å². The molecule has 116 valence electrons. The van der Waals surface area contributed by atoms with E-state index in [-0.39, 0.29) is 12.6 Å². The summed E-state index contributed by atoms with van der Waals surface area (Å²) in [6.45, 7) is 3.06. The van der Waals surface area contributed by atoms with E-state index in [1.165, 1.54) is 14.0 Å². The highest BCUT2D eigenvalue weighted by Crippen LogP contribution is 2.26. The molecule has 0 aliphatic heterocycles. The van der Waals surface area contributed by atoms with Crippen molar-refractivity contribution in [2.45, 2.75) is 26.0 Å². The van der Waals surface area contributed by atoms with Gasteiger partial charge in [-0.15, -0.1) is 0 Å². The highest BCUT2D eigenvalue weighted by atomic mass is 35.5. The SMILES string of the molecule is COCC(=O)O[C@H](C)C(=O)N[C@@H](C)c1ccc(Cl)cc1Cl. The van der Waals surface area contributed by atoms with Gasteiger partial charge >= 0.3 is 5.97 Å². The van der Waals surface area contributed by atoms with Crippen LogP contribution in [-0.4, -0.2) is 31.7 Å². The van der Waals surface area contributed by atoms with E-state index < -0.39 is 18.0 Å². The first-order chi connectivity index (χ1) is 9.85. The van der Waals surface area contributed by atoms with Crippen molar-refractivity contribution in [2.24, 2.45) is 0 Å². The zero-order valence-corrected chi connectivity index (χ0v) is 13.5. The highest BCUT2D eigenvalue weighted by Gasteiger charge is 2.20. The van der Waals surface area contributed by atoms with E-state index in [9.17, 15) is 9.59 Å². The number of esters is 1. The quantitative estimate of drug-likeness (QED) is 0.813. The first kappa shape index (κ1) is 17.8. The maximum atomic E-state index is 11.9. The van der Waals surface area contributed by atoms with Gasteiger partial charge in [-0.05, 0) is 31.5 Å². The number of nitrogens with one attached hydrogen (secondary N) is 1. The van der Waals surface area contributed by atoms with Crippen molar-refractivity contribution in [3.05, 3.63) is 33.8 Å². The molecule has 1 rings (SSSR count). The fourth-order valence-corrected chi connectivity index (χ4v) is 2.24. The third-order valence-electron chi connectivity index (χ3n) is 2.73. The van der Waals surface area contributed by atoms with E-state index in [0.29, 0.717) is 10.0 Å². The van der Waals surface area contributed by atoms with Crippen molar-refractivity contribution < 1.29 is 19.1 Å². The second-order valence-corrected chi connectivity index (χ2v) is 5.30. The van der Waals surface area contributed by atoms with Gasteiger partial charge in [0.25, 0.3) is 5.91 Å². The van der Waals surface area contributed by atoms with Gasteiger partial charge in [0, 0.05) is 17.2 Å². The Morgan fingerprint density at radius 2 is 1.95 bits per heavy atom. The van der Waals surface area contributed by atoms with Crippen molar-refractivity contribution in [3.8, 4) is 0 Å². The van der Waals surface area contributed by atoms with Gasteiger partial charge in [0.05, 0.1) is 6.04 Å². The molecule has 5 nitrogen and oxygen atoms in total. The average Bonchev–Trinajstić information content (AvgIpc) is 2.38. The van der Waals surface area contributed by atoms with Crippen LogP contribution in [0, 0.1) is 0 Å². The Balaban J connectivity index is 2.63. The maximum absolute atomic E-state index is 11.9. The smallest absolute Gasteiger partial charge is 0.332 e. The molecule has 0 aromatic heterocycles. The maximum Gasteiger partial charge on any atom is 0.332 e. The molecular weight excluding hydrogens is 317 g/mol. The van der Waals surface area contributed by atoms with Crippen LogP contribution in [0.1, 0.15) is 25.5 Å². The molecule has 0 bridgehead atoms. The van der Waals surface area contributed by atoms with Gasteiger partial charge in [0.2, 0.25) is 0 Å². The van der Waals surface area contributed by atoms with Crippen LogP contribution >= 0.6 is 23.2 Å². The number of hydrogen-bond donors (Lipinski definition) is 1. The molecule has 1 amide bonds. The first-order valence-corrected chi connectivity index (χ1v) is 7.04. The molecule has 0 saturated heterocycles. The lowest BCUT2D eigenvalue weighted by molar-refractivity contribution is -0.158. The highest BCUT2D eigenvalue weighted by molar-refractivity contribution is 6.35. The third-order valence-corrected chi connectivity index (χ3v) is 3.29. The Labute approximate surface area is 133 Å². The second kappa shape index (κ2) is 8.22. The van der Waals surface area contributed by atoms with Crippen molar-refractivity contribution in [1.29, 1.82) is 0 Å². The van der Waals surface area contributed by atoms with Gasteiger partial charge in [0.1, 0.15) is 6.61 Å². The van der Waals surface area contributed by atoms with Gasteiger partial charge < -0.3 is 14.8 Å². The molecule has 1 aromatic rings. The number of carbonyl (C=O) groups excluding carboxylic acids is 2. The molecule has 0 fully saturated rings. The molecule has 1 aromatic carbocycles. The Morgan fingerprint density at radius 1 is 1.29 bits per heavy atom. The Kier molecular flexibility index (Phi) is 6.95. The number of benzene rings is 1. The van der Waals surface area contributed by atoms with Crippen LogP contribution in [0.4, 0.5) is 0 Å². The number of amides is 1. The monoisotopic (exact) mass is 333 g/mol. The number of hydrogen-bond acceptors (Lipinski definition) is 4. The topological polar surface area (TPSA) is 64.6 Å². The van der Waals surface area contributed by atoms with Gasteiger partial charge in [-0.25, -0.2) is 4.79 Å². The number of rotatable bonds is 6. The van der Waals surface area contributed by atoms with Crippen LogP contribution in [0.25, 0.3) is 0 Å². The molecule has 7 heteroatoms. The average molecular weight is 334 g/mol. The van der Waals surface area contributed by atoms with Crippen molar-refractivity contribution in [3.63, 3.8) is 0 Å². The Bertz CT molecular complexity index is 522. The summed E-state index contributed by atoms with van der Waals surface area (Å²) in [5.74, 6) is -1.02. The first-order valence-electron chi connectivity index (χ1n) is 6.29. The largest absolute Gasteiger partial charge is 0.451 e. The summed E-state index contributed by atoms with van der Waals surface area (Å²) in [6.07, 6.45) is -0.916. The summed E-state index contributed by atoms with van der Waals surface area (Å²) >= 11 is 11.9. The summed E-state index contributed by atoms with van der Waals surface area (Å²) in [5, 5.41) is 3.69. The van der Waals surface area contributed by atoms with E-state index in [1.807, 2.05) is 0 Å². The minimum Gasteiger partial charge on any atom is -0.451 e. The third kappa shape index (κ3) is 5.53. The second-order valence-electron chi connectivity index (χ2n) is 4.46. The minimum absolute atomic E-state index is 0.198. The van der Waals surface area contributed by atoms with Gasteiger partial charge in [-0.1, -0.05) is 29.3 Å². The lowest BCUT2D eigenvalue weighted by Crippen LogP contribution is -2.37. The minimum atomic E-state index is -0.916. The fourth-order valence-electron chi connectivity index (χ4n) is 1.66. The van der Waals surface area contributed by atoms with Crippen LogP contribution in [0.15, 0.2) is 18.2 Å². The zero-order valence-electron chi connectivity index (χ0n) is 12.0. The molecule has 0 heterocycles. The van der Waals surface area contributed by atoms with E-state index in [1.54, 1.807) is 25.1 Å². The van der Waals surface area contributed by atoms with Crippen molar-refractivity contribution in [1.82, 2.24) is 5.32 Å². The normalized spacial score (nSPS) is 13.4. The summed E-state index contributed by atoms with van der Waals surface area (Å²) in [6, 6.07) is 4.68. The molecule has 0 unspecified atom stereocenters. The van der Waals surface area contributed by atoms with Crippen LogP contribution < -0.4 is 5.32 Å². The number of ether oxygens (including phenoxy) is 2. The molecule has 0 saturated carbocycles. The van der Waals surface area contributed by atoms with Gasteiger partial charge in [0.15, 0.2) is 6.10 Å². The van der Waals surface area contributed by atoms with Crippen molar-refractivity contribution in [2.75, 3.05) is 13.7 Å². The van der Waals surface area contributed by atoms with Crippen LogP contribution in [-0.2, 0) is 19.1 Å². The molecule has 0 radical (unpaired) electrons. The van der Waals surface area contributed by atoms with Gasteiger partial charge in [-0.3, -0.25) is 4.79 Å². The van der Waals surface area contributed by atoms with E-state index in [0.717, 1.165) is 5.56 Å². The Hall–Kier alpha value is -1.30. The molecule has 0 aliphatic rings. The van der Waals surface area contributed by atoms with Crippen LogP contribution in [0.5, 0.6) is 0 Å². The summed E-state index contributed by atoms with van der Waals surface area (Å²) in [7, 11) is 1.37. The predicted octanol–water partition coefficient (Wildman–Crippen LogP) is 2.75. The molecule has 21 heavy (non-hydrogen) atoms. The number of halogens is 2. The van der Waals surface area contributed by atoms with Gasteiger partial charge in [-0.2, -0.15) is 0 Å². The molecule has 1 N–H and O–H groups in total. The number of methoxy groups -OCH3 is 1. The van der Waals surface area contributed by atoms with E-state index in [2.05, 4.69) is 10.1 Å². The lowest BCUT2D eigenvalue weighted by Gasteiger charge is -2.19. The summed E-state index contributed by atoms with van der Waals surface area (Å²) in [5.41, 5.74) is 0.727. The summed E-state index contributed by atoms with van der Waals surface area (Å²) in [4.78, 5) is 23.2. The molecular formula is C14H17Cl2NO4. The Morgan fingerprint density at radius 3 is 2.52 bits per heavy atom. The fraction of sp³-hybridized carbons (Fsp3) is 0.429. The van der Waals surface area contributed by atoms with Crippen LogP contribution in [0.3, 0.4) is 0 Å². The molecule has 0 aliphatic carbocycles. The predicted molar refractivity (Wildman–Crippen MR) is 80.4 cm³/mol. The zero-order chi connectivity index (χ0) is 16.0. The van der Waals surface area contributed by atoms with E-state index in [4.69, 9.17) is 27.9 Å². The molecule has 0 spiro atoms. The number of carbonyl (C=O) groups is 2. The standard InChI is InChI=1S/C14H17Cl2NO4/c1-8(11-5-4-10(15)6-12(11)16)17-14(19)9(2)21-13(18)7-20-3/h4-6,8-9H,7H2,1-3H3,(H,17,19)/t8-,9+/m0/s1. The molecule has 2 atom stereocenters.